The molecule has 0 bridgehead atoms. The first-order chi connectivity index (χ1) is 16.9. The maximum atomic E-state index is 14.5. The van der Waals surface area contributed by atoms with Crippen LogP contribution in [0.5, 0.6) is 11.5 Å². The summed E-state index contributed by atoms with van der Waals surface area (Å²) >= 11 is 0. The third kappa shape index (κ3) is 2.49. The van der Waals surface area contributed by atoms with Gasteiger partial charge in [0.2, 0.25) is 5.88 Å². The quantitative estimate of drug-likeness (QED) is 0.410. The number of rotatable bonds is 1. The second-order valence-corrected chi connectivity index (χ2v) is 8.42. The Hall–Kier alpha value is -5.03. The van der Waals surface area contributed by atoms with Crippen LogP contribution in [0.3, 0.4) is 0 Å². The van der Waals surface area contributed by atoms with E-state index in [0.29, 0.717) is 27.9 Å². The van der Waals surface area contributed by atoms with Gasteiger partial charge in [-0.2, -0.15) is 5.26 Å². The zero-order valence-electron chi connectivity index (χ0n) is 18.4. The van der Waals surface area contributed by atoms with Crippen LogP contribution in [0.2, 0.25) is 0 Å². The van der Waals surface area contributed by atoms with E-state index in [-0.39, 0.29) is 34.1 Å². The maximum Gasteiger partial charge on any atom is 0.336 e. The van der Waals surface area contributed by atoms with Gasteiger partial charge < -0.3 is 20.0 Å². The van der Waals surface area contributed by atoms with Crippen molar-refractivity contribution in [1.29, 1.82) is 5.26 Å². The summed E-state index contributed by atoms with van der Waals surface area (Å²) in [4.78, 5) is 28.0. The van der Waals surface area contributed by atoms with Gasteiger partial charge >= 0.3 is 5.63 Å². The van der Waals surface area contributed by atoms with Gasteiger partial charge in [-0.1, -0.05) is 36.4 Å². The number of benzene rings is 3. The van der Waals surface area contributed by atoms with E-state index in [1.54, 1.807) is 55.5 Å². The van der Waals surface area contributed by atoms with Crippen LogP contribution in [0.25, 0.3) is 11.0 Å². The Balaban J connectivity index is 1.80. The lowest BCUT2D eigenvalue weighted by atomic mass is 9.68. The number of hydrogen-bond donors (Lipinski definition) is 2. The summed E-state index contributed by atoms with van der Waals surface area (Å²) in [6, 6.07) is 20.7. The average Bonchev–Trinajstić information content (AvgIpc) is 3.07. The van der Waals surface area contributed by atoms with Crippen molar-refractivity contribution < 1.29 is 19.1 Å². The van der Waals surface area contributed by atoms with Crippen molar-refractivity contribution in [3.63, 3.8) is 0 Å². The van der Waals surface area contributed by atoms with Gasteiger partial charge in [0.05, 0.1) is 16.6 Å². The lowest BCUT2D eigenvalue weighted by Gasteiger charge is -2.35. The van der Waals surface area contributed by atoms with Crippen LogP contribution in [-0.4, -0.2) is 11.0 Å². The van der Waals surface area contributed by atoms with Crippen LogP contribution in [0.4, 0.5) is 11.4 Å². The van der Waals surface area contributed by atoms with Crippen LogP contribution in [0.1, 0.15) is 16.7 Å². The molecule has 0 aliphatic carbocycles. The monoisotopic (exact) mass is 463 g/mol. The molecule has 1 aromatic heterocycles. The van der Waals surface area contributed by atoms with Crippen LogP contribution >= 0.6 is 0 Å². The fourth-order valence-electron chi connectivity index (χ4n) is 5.23. The molecule has 2 aliphatic heterocycles. The van der Waals surface area contributed by atoms with Crippen molar-refractivity contribution >= 4 is 28.3 Å². The van der Waals surface area contributed by atoms with Crippen molar-refractivity contribution in [2.24, 2.45) is 5.73 Å². The molecule has 35 heavy (non-hydrogen) atoms. The molecule has 3 aromatic carbocycles. The predicted molar refractivity (Wildman–Crippen MR) is 127 cm³/mol. The molecule has 0 saturated heterocycles. The number of nitrogens with zero attached hydrogens (tertiary/aromatic N) is 2. The zero-order chi connectivity index (χ0) is 24.5. The van der Waals surface area contributed by atoms with Crippen LogP contribution in [-0.2, 0) is 10.2 Å². The van der Waals surface area contributed by atoms with E-state index >= 15 is 0 Å². The van der Waals surface area contributed by atoms with E-state index in [9.17, 15) is 20.0 Å². The molecule has 8 nitrogen and oxygen atoms in total. The number of amides is 1. The molecule has 0 fully saturated rings. The fraction of sp³-hybridized carbons (Fsp3) is 0.0741. The maximum absolute atomic E-state index is 14.5. The van der Waals surface area contributed by atoms with E-state index in [4.69, 9.17) is 14.9 Å². The number of aromatic hydroxyl groups is 1. The number of phenols is 1. The highest BCUT2D eigenvalue weighted by molar-refractivity contribution is 6.19. The number of fused-ring (bicyclic) bond motifs is 6. The summed E-state index contributed by atoms with van der Waals surface area (Å²) in [5.41, 5.74) is 6.04. The van der Waals surface area contributed by atoms with Gasteiger partial charge in [-0.3, -0.25) is 9.69 Å². The molecule has 1 unspecified atom stereocenters. The number of anilines is 2. The normalized spacial score (nSPS) is 18.4. The standard InChI is InChI=1S/C27H17N3O5/c1-14-11-21(32)34-20-12-19(31)23-24(22(14)20)35-25(29)17(13-28)27(23)16-9-5-6-10-18(16)30(26(27)33)15-7-3-2-4-8-15/h2-12,31H,29H2,1H3. The molecule has 4 aromatic rings. The number of carbonyl (C=O) groups excluding carboxylic acids is 1. The van der Waals surface area contributed by atoms with Crippen molar-refractivity contribution in [2.45, 2.75) is 12.3 Å². The number of phenolic OH excluding ortho intramolecular Hbond substituents is 1. The molecule has 8 heteroatoms. The Bertz CT molecular complexity index is 1720. The Labute approximate surface area is 198 Å². The van der Waals surface area contributed by atoms with E-state index in [2.05, 4.69) is 6.07 Å². The minimum Gasteiger partial charge on any atom is -0.507 e. The predicted octanol–water partition coefficient (Wildman–Crippen LogP) is 3.86. The molecular weight excluding hydrogens is 446 g/mol. The third-order valence-electron chi connectivity index (χ3n) is 6.57. The number of carbonyl (C=O) groups is 1. The zero-order valence-corrected chi connectivity index (χ0v) is 18.4. The smallest absolute Gasteiger partial charge is 0.336 e. The summed E-state index contributed by atoms with van der Waals surface area (Å²) in [7, 11) is 0. The first kappa shape index (κ1) is 20.6. The van der Waals surface area contributed by atoms with Gasteiger partial charge in [0.15, 0.2) is 0 Å². The first-order valence-corrected chi connectivity index (χ1v) is 10.8. The summed E-state index contributed by atoms with van der Waals surface area (Å²) in [6.07, 6.45) is 0. The van der Waals surface area contributed by atoms with Crippen LogP contribution in [0.15, 0.2) is 87.4 Å². The summed E-state index contributed by atoms with van der Waals surface area (Å²) < 4.78 is 11.2. The summed E-state index contributed by atoms with van der Waals surface area (Å²) in [5.74, 6) is -1.05. The third-order valence-corrected chi connectivity index (χ3v) is 6.57. The van der Waals surface area contributed by atoms with Gasteiger partial charge in [0, 0.05) is 23.4 Å². The first-order valence-electron chi connectivity index (χ1n) is 10.8. The number of nitrogens with two attached hydrogens (primary N) is 1. The van der Waals surface area contributed by atoms with Gasteiger partial charge in [-0.05, 0) is 30.7 Å². The Morgan fingerprint density at radius 2 is 1.77 bits per heavy atom. The van der Waals surface area contributed by atoms with Crippen LogP contribution in [0, 0.1) is 18.3 Å². The van der Waals surface area contributed by atoms with Gasteiger partial charge in [-0.25, -0.2) is 4.79 Å². The number of aryl methyl sites for hydroxylation is 1. The van der Waals surface area contributed by atoms with Crippen LogP contribution < -0.4 is 21.0 Å². The lowest BCUT2D eigenvalue weighted by Crippen LogP contribution is -2.44. The number of ether oxygens (including phenoxy) is 1. The summed E-state index contributed by atoms with van der Waals surface area (Å²) in [6.45, 7) is 1.69. The van der Waals surface area contributed by atoms with Crippen molar-refractivity contribution in [3.05, 3.63) is 105 Å². The molecule has 3 heterocycles. The summed E-state index contributed by atoms with van der Waals surface area (Å²) in [5, 5.41) is 21.9. The van der Waals surface area contributed by atoms with Crippen molar-refractivity contribution in [3.8, 4) is 17.6 Å². The van der Waals surface area contributed by atoms with E-state index < -0.39 is 16.9 Å². The van der Waals surface area contributed by atoms with Gasteiger partial charge in [0.1, 0.15) is 34.1 Å². The number of para-hydroxylation sites is 2. The lowest BCUT2D eigenvalue weighted by molar-refractivity contribution is -0.120. The SMILES string of the molecule is Cc1cc(=O)oc2cc(O)c3c(c12)OC(N)=C(C#N)C31C(=O)N(c2ccccc2)c2ccccc21. The fourth-order valence-corrected chi connectivity index (χ4v) is 5.23. The minimum atomic E-state index is -1.78. The highest BCUT2D eigenvalue weighted by Crippen LogP contribution is 2.60. The molecule has 170 valence electrons. The molecule has 6 rings (SSSR count). The van der Waals surface area contributed by atoms with Gasteiger partial charge in [0.25, 0.3) is 5.91 Å². The Kier molecular flexibility index (Phi) is 4.10. The number of hydrogen-bond acceptors (Lipinski definition) is 7. The molecular formula is C27H17N3O5. The molecule has 1 atom stereocenters. The van der Waals surface area contributed by atoms with Crippen molar-refractivity contribution in [2.75, 3.05) is 4.90 Å². The highest BCUT2D eigenvalue weighted by atomic mass is 16.5. The number of nitriles is 1. The minimum absolute atomic E-state index is 0.0656. The largest absolute Gasteiger partial charge is 0.507 e. The Morgan fingerprint density at radius 1 is 1.06 bits per heavy atom. The second-order valence-electron chi connectivity index (χ2n) is 8.42. The highest BCUT2D eigenvalue weighted by Gasteiger charge is 2.61. The molecule has 3 N–H and O–H groups in total. The topological polar surface area (TPSA) is 130 Å². The van der Waals surface area contributed by atoms with Crippen molar-refractivity contribution in [1.82, 2.24) is 0 Å². The molecule has 0 radical (unpaired) electrons. The molecule has 2 aliphatic rings. The Morgan fingerprint density at radius 3 is 2.51 bits per heavy atom. The van der Waals surface area contributed by atoms with E-state index in [0.717, 1.165) is 0 Å². The molecule has 0 saturated carbocycles. The molecule has 1 amide bonds. The second kappa shape index (κ2) is 6.98. The van der Waals surface area contributed by atoms with E-state index in [1.807, 2.05) is 6.07 Å². The van der Waals surface area contributed by atoms with Gasteiger partial charge in [-0.15, -0.1) is 0 Å². The average molecular weight is 463 g/mol. The van der Waals surface area contributed by atoms with E-state index in [1.165, 1.54) is 17.0 Å². The molecule has 1 spiro atoms.